The number of ketones is 1. The third-order valence-corrected chi connectivity index (χ3v) is 8.66. The Morgan fingerprint density at radius 2 is 1.75 bits per heavy atom. The molecule has 0 bridgehead atoms. The van der Waals surface area contributed by atoms with Crippen molar-refractivity contribution >= 4 is 38.9 Å². The molecule has 1 aromatic rings. The highest BCUT2D eigenvalue weighted by Crippen LogP contribution is 2.46. The number of piperidine rings is 2. The molecule has 0 spiro atoms. The van der Waals surface area contributed by atoms with Crippen LogP contribution in [0, 0.1) is 0 Å². The summed E-state index contributed by atoms with van der Waals surface area (Å²) in [5.41, 5.74) is 0.506. The molecule has 4 heterocycles. The fourth-order valence-corrected chi connectivity index (χ4v) is 6.92. The number of hydrogen-bond donors (Lipinski definition) is 0. The number of rotatable bonds is 2. The van der Waals surface area contributed by atoms with Crippen molar-refractivity contribution in [1.82, 2.24) is 0 Å². The van der Waals surface area contributed by atoms with Crippen LogP contribution in [0.3, 0.4) is 0 Å². The predicted octanol–water partition coefficient (Wildman–Crippen LogP) is 3.29. The van der Waals surface area contributed by atoms with Gasteiger partial charge in [-0.05, 0) is 61.2 Å². The zero-order chi connectivity index (χ0) is 19.1. The highest BCUT2D eigenvalue weighted by atomic mass is 32.2. The molecular weight excluding hydrogens is 388 g/mol. The molecule has 1 aliphatic carbocycles. The van der Waals surface area contributed by atoms with Gasteiger partial charge in [0.15, 0.2) is 5.78 Å². The molecule has 6 heteroatoms. The summed E-state index contributed by atoms with van der Waals surface area (Å²) in [6.07, 6.45) is 10.7. The van der Waals surface area contributed by atoms with Crippen molar-refractivity contribution < 1.29 is 14.5 Å². The number of hydrogen-bond acceptors (Lipinski definition) is 5. The Morgan fingerprint density at radius 1 is 1.00 bits per heavy atom. The number of allylic oxidation sites excluding steroid dienone is 1. The lowest BCUT2D eigenvalue weighted by molar-refractivity contribution is -0.534. The summed E-state index contributed by atoms with van der Waals surface area (Å²) in [6.45, 7) is 4.35. The lowest BCUT2D eigenvalue weighted by atomic mass is 9.74. The van der Waals surface area contributed by atoms with Crippen LogP contribution in [0.4, 0.5) is 5.00 Å². The number of thiophene rings is 1. The molecule has 148 valence electrons. The Balaban J connectivity index is 1.32. The van der Waals surface area contributed by atoms with Crippen molar-refractivity contribution in [1.29, 1.82) is 0 Å². The number of carbonyl (C=O) groups excluding carboxylic acids is 1. The molecule has 0 N–H and O–H groups in total. The van der Waals surface area contributed by atoms with Gasteiger partial charge in [-0.2, -0.15) is 0 Å². The first-order valence-corrected chi connectivity index (χ1v) is 12.1. The molecule has 2 atom stereocenters. The largest absolute Gasteiger partial charge is 0.848 e. The summed E-state index contributed by atoms with van der Waals surface area (Å²) in [6, 6.07) is 4.11. The molecule has 0 aromatic carbocycles. The van der Waals surface area contributed by atoms with E-state index < -0.39 is 12.0 Å². The lowest BCUT2D eigenvalue weighted by Crippen LogP contribution is -2.51. The molecule has 28 heavy (non-hydrogen) atoms. The van der Waals surface area contributed by atoms with Crippen molar-refractivity contribution in [2.24, 2.45) is 0 Å². The Hall–Kier alpha value is -1.37. The van der Waals surface area contributed by atoms with Gasteiger partial charge in [-0.3, -0.25) is 4.79 Å². The number of nitrogens with zero attached hydrogens (tertiary/aromatic N) is 2. The third kappa shape index (κ3) is 3.29. The molecule has 4 aliphatic rings. The molecule has 2 unspecified atom stereocenters. The third-order valence-electron chi connectivity index (χ3n) is 6.25. The first kappa shape index (κ1) is 18.6. The van der Waals surface area contributed by atoms with E-state index in [0.29, 0.717) is 5.57 Å². The van der Waals surface area contributed by atoms with Crippen LogP contribution in [0.25, 0.3) is 0 Å². The highest BCUT2D eigenvalue weighted by molar-refractivity contribution is 8.18. The van der Waals surface area contributed by atoms with Gasteiger partial charge in [0.25, 0.3) is 0 Å². The van der Waals surface area contributed by atoms with Gasteiger partial charge < -0.3 is 10.0 Å². The van der Waals surface area contributed by atoms with Crippen LogP contribution in [0.5, 0.6) is 0 Å². The Bertz CT molecular complexity index is 869. The minimum absolute atomic E-state index is 0.0408. The van der Waals surface area contributed by atoms with E-state index in [-0.39, 0.29) is 5.78 Å². The van der Waals surface area contributed by atoms with Crippen LogP contribution in [-0.4, -0.2) is 47.7 Å². The smallest absolute Gasteiger partial charge is 0.239 e. The first-order chi connectivity index (χ1) is 13.7. The second-order valence-electron chi connectivity index (χ2n) is 8.09. The SMILES string of the molecule is O=C1C(=C2C=CC(=[N+]3CCCCC3)S2)C([O-])C1c1ccc(N2CCCCC2)s1. The van der Waals surface area contributed by atoms with Crippen LogP contribution in [0.2, 0.25) is 0 Å². The van der Waals surface area contributed by atoms with Crippen LogP contribution in [-0.2, 0) is 4.79 Å². The van der Waals surface area contributed by atoms with Crippen molar-refractivity contribution in [2.75, 3.05) is 31.1 Å². The van der Waals surface area contributed by atoms with Crippen LogP contribution < -0.4 is 10.0 Å². The van der Waals surface area contributed by atoms with E-state index in [2.05, 4.69) is 21.6 Å². The molecule has 3 aliphatic heterocycles. The van der Waals surface area contributed by atoms with Crippen LogP contribution in [0.1, 0.15) is 49.3 Å². The topological polar surface area (TPSA) is 46.4 Å². The van der Waals surface area contributed by atoms with Gasteiger partial charge in [0.05, 0.1) is 5.00 Å². The summed E-state index contributed by atoms with van der Waals surface area (Å²) < 4.78 is 2.39. The van der Waals surface area contributed by atoms with Crippen molar-refractivity contribution in [3.05, 3.63) is 39.6 Å². The molecule has 0 amide bonds. The Labute approximate surface area is 174 Å². The number of thioether (sulfide) groups is 1. The van der Waals surface area contributed by atoms with Crippen molar-refractivity contribution in [2.45, 2.75) is 50.5 Å². The van der Waals surface area contributed by atoms with E-state index in [0.717, 1.165) is 36.0 Å². The number of Topliss-reactive ketones (excluding diaryl/α,β-unsaturated/α-hetero) is 1. The zero-order valence-corrected chi connectivity index (χ0v) is 17.7. The molecule has 5 rings (SSSR count). The van der Waals surface area contributed by atoms with Crippen LogP contribution >= 0.6 is 23.1 Å². The fourth-order valence-electron chi connectivity index (χ4n) is 4.61. The van der Waals surface area contributed by atoms with Gasteiger partial charge in [-0.15, -0.1) is 11.3 Å². The van der Waals surface area contributed by atoms with E-state index in [1.54, 1.807) is 23.1 Å². The molecule has 0 radical (unpaired) electrons. The minimum Gasteiger partial charge on any atom is -0.848 e. The maximum atomic E-state index is 13.0. The van der Waals surface area contributed by atoms with Crippen molar-refractivity contribution in [3.63, 3.8) is 0 Å². The first-order valence-electron chi connectivity index (χ1n) is 10.5. The monoisotopic (exact) mass is 414 g/mol. The maximum Gasteiger partial charge on any atom is 0.239 e. The van der Waals surface area contributed by atoms with Gasteiger partial charge in [-0.1, -0.05) is 6.10 Å². The predicted molar refractivity (Wildman–Crippen MR) is 115 cm³/mol. The average molecular weight is 415 g/mol. The Morgan fingerprint density at radius 3 is 2.50 bits per heavy atom. The molecule has 1 aromatic heterocycles. The molecular formula is C22H26N2O2S2. The normalized spacial score (nSPS) is 30.9. The maximum absolute atomic E-state index is 13.0. The Kier molecular flexibility index (Phi) is 5.20. The van der Waals surface area contributed by atoms with Gasteiger partial charge >= 0.3 is 0 Å². The second-order valence-corrected chi connectivity index (χ2v) is 10.2. The van der Waals surface area contributed by atoms with E-state index in [1.807, 2.05) is 12.1 Å². The standard InChI is InChI=1S/C22H26N2O2S2/c25-21-19(15-7-9-17(27-15)23-11-3-1-4-12-23)22(26)20(21)16-8-10-18(28-16)24-13-5-2-6-14-24/h7-10,19,21H,1-6,11-14H2. The summed E-state index contributed by atoms with van der Waals surface area (Å²) in [7, 11) is 0. The van der Waals surface area contributed by atoms with E-state index in [9.17, 15) is 9.90 Å². The number of anilines is 1. The summed E-state index contributed by atoms with van der Waals surface area (Å²) in [4.78, 5) is 17.1. The van der Waals surface area contributed by atoms with E-state index in [4.69, 9.17) is 0 Å². The van der Waals surface area contributed by atoms with Gasteiger partial charge in [-0.25, -0.2) is 4.58 Å². The highest BCUT2D eigenvalue weighted by Gasteiger charge is 2.42. The van der Waals surface area contributed by atoms with E-state index >= 15 is 0 Å². The van der Waals surface area contributed by atoms with Gasteiger partial charge in [0, 0.05) is 47.7 Å². The van der Waals surface area contributed by atoms with Gasteiger partial charge in [0.2, 0.25) is 5.04 Å². The summed E-state index contributed by atoms with van der Waals surface area (Å²) in [5.74, 6) is -0.446. The molecule has 3 fully saturated rings. The second kappa shape index (κ2) is 7.81. The molecule has 2 saturated heterocycles. The summed E-state index contributed by atoms with van der Waals surface area (Å²) in [5, 5.41) is 15.4. The van der Waals surface area contributed by atoms with Crippen molar-refractivity contribution in [3.8, 4) is 0 Å². The number of carbonyl (C=O) groups is 1. The molecule has 1 saturated carbocycles. The quantitative estimate of drug-likeness (QED) is 0.550. The lowest BCUT2D eigenvalue weighted by Gasteiger charge is -2.43. The van der Waals surface area contributed by atoms with Crippen LogP contribution in [0.15, 0.2) is 34.8 Å². The average Bonchev–Trinajstić information content (AvgIpc) is 3.40. The molecule has 4 nitrogen and oxygen atoms in total. The zero-order valence-electron chi connectivity index (χ0n) is 16.1. The fraction of sp³-hybridized carbons (Fsp3) is 0.545. The van der Waals surface area contributed by atoms with E-state index in [1.165, 1.54) is 48.6 Å². The summed E-state index contributed by atoms with van der Waals surface area (Å²) >= 11 is 3.26. The minimum atomic E-state index is -0.923. The van der Waals surface area contributed by atoms with Gasteiger partial charge in [0.1, 0.15) is 13.1 Å².